The van der Waals surface area contributed by atoms with Gasteiger partial charge in [0.15, 0.2) is 5.96 Å². The lowest BCUT2D eigenvalue weighted by atomic mass is 9.84. The van der Waals surface area contributed by atoms with Crippen LogP contribution in [0.25, 0.3) is 0 Å². The molecule has 0 bridgehead atoms. The highest BCUT2D eigenvalue weighted by Gasteiger charge is 2.34. The van der Waals surface area contributed by atoms with Crippen LogP contribution in [-0.2, 0) is 9.47 Å². The number of nitrogens with one attached hydrogen (secondary N) is 2. The topological polar surface area (TPSA) is 91.5 Å². The van der Waals surface area contributed by atoms with Crippen LogP contribution in [0.2, 0.25) is 0 Å². The lowest BCUT2D eigenvalue weighted by molar-refractivity contribution is 0.0124. The van der Waals surface area contributed by atoms with Crippen LogP contribution >= 0.6 is 24.0 Å². The third-order valence-corrected chi connectivity index (χ3v) is 5.72. The minimum Gasteiger partial charge on any atom is -0.465 e. The van der Waals surface area contributed by atoms with Crippen molar-refractivity contribution in [3.8, 4) is 0 Å². The van der Waals surface area contributed by atoms with Crippen LogP contribution in [0, 0.1) is 12.3 Å². The molecule has 0 aromatic carbocycles. The Morgan fingerprint density at radius 1 is 1.24 bits per heavy atom. The van der Waals surface area contributed by atoms with Crippen molar-refractivity contribution in [1.29, 1.82) is 0 Å². The molecule has 29 heavy (non-hydrogen) atoms. The van der Waals surface area contributed by atoms with Gasteiger partial charge in [-0.15, -0.1) is 24.0 Å². The Morgan fingerprint density at radius 3 is 2.62 bits per heavy atom. The van der Waals surface area contributed by atoms with Crippen LogP contribution in [-0.4, -0.2) is 82.2 Å². The molecule has 1 aromatic heterocycles. The van der Waals surface area contributed by atoms with Crippen molar-refractivity contribution in [2.45, 2.75) is 25.8 Å². The van der Waals surface area contributed by atoms with Crippen LogP contribution in [0.4, 0.5) is 0 Å². The fourth-order valence-corrected chi connectivity index (χ4v) is 3.93. The number of morpholine rings is 1. The molecule has 0 amide bonds. The molecule has 3 N–H and O–H groups in total. The molecule has 2 aliphatic heterocycles. The average molecular weight is 522 g/mol. The summed E-state index contributed by atoms with van der Waals surface area (Å²) in [6.07, 6.45) is 1.69. The van der Waals surface area contributed by atoms with Crippen molar-refractivity contribution in [2.75, 3.05) is 66.3 Å². The predicted octanol–water partition coefficient (Wildman–Crippen LogP) is 1.53. The Bertz CT molecular complexity index is 628. The Labute approximate surface area is 190 Å². The third-order valence-electron chi connectivity index (χ3n) is 5.72. The van der Waals surface area contributed by atoms with Crippen LogP contribution in [0.3, 0.4) is 0 Å². The number of halogens is 1. The Balaban J connectivity index is 0.00000300. The van der Waals surface area contributed by atoms with Gasteiger partial charge in [-0.1, -0.05) is 0 Å². The number of aliphatic hydroxyl groups is 1. The van der Waals surface area contributed by atoms with E-state index >= 15 is 0 Å². The Kier molecular flexibility index (Phi) is 10.2. The second kappa shape index (κ2) is 12.1. The van der Waals surface area contributed by atoms with Gasteiger partial charge in [0, 0.05) is 51.9 Å². The molecule has 0 saturated carbocycles. The van der Waals surface area contributed by atoms with Crippen molar-refractivity contribution < 1.29 is 19.0 Å². The maximum Gasteiger partial charge on any atom is 0.191 e. The summed E-state index contributed by atoms with van der Waals surface area (Å²) in [7, 11) is 1.78. The van der Waals surface area contributed by atoms with E-state index < -0.39 is 0 Å². The second-order valence-corrected chi connectivity index (χ2v) is 7.70. The van der Waals surface area contributed by atoms with Crippen LogP contribution in [0.1, 0.15) is 30.4 Å². The van der Waals surface area contributed by atoms with Gasteiger partial charge >= 0.3 is 0 Å². The first-order valence-corrected chi connectivity index (χ1v) is 10.2. The molecule has 2 aliphatic rings. The number of aryl methyl sites for hydroxylation is 1. The highest BCUT2D eigenvalue weighted by Crippen LogP contribution is 2.31. The van der Waals surface area contributed by atoms with E-state index in [1.54, 1.807) is 7.05 Å². The fraction of sp³-hybridized carbons (Fsp3) is 0.750. The average Bonchev–Trinajstić information content (AvgIpc) is 3.35. The highest BCUT2D eigenvalue weighted by molar-refractivity contribution is 14.0. The molecule has 3 heterocycles. The van der Waals surface area contributed by atoms with Gasteiger partial charge < -0.3 is 29.6 Å². The quantitative estimate of drug-likeness (QED) is 0.271. The molecular weight excluding hydrogens is 487 g/mol. The van der Waals surface area contributed by atoms with E-state index in [-0.39, 0.29) is 42.0 Å². The number of rotatable bonds is 8. The summed E-state index contributed by atoms with van der Waals surface area (Å²) in [5.41, 5.74) is -0.0197. The van der Waals surface area contributed by atoms with Gasteiger partial charge in [0.25, 0.3) is 0 Å². The molecule has 2 atom stereocenters. The van der Waals surface area contributed by atoms with Crippen molar-refractivity contribution >= 4 is 29.9 Å². The first kappa shape index (κ1) is 24.4. The molecule has 9 heteroatoms. The minimum atomic E-state index is -0.0197. The van der Waals surface area contributed by atoms with E-state index in [4.69, 9.17) is 13.9 Å². The summed E-state index contributed by atoms with van der Waals surface area (Å²) in [6, 6.07) is 4.19. The van der Waals surface area contributed by atoms with Crippen LogP contribution < -0.4 is 10.6 Å². The number of guanidine groups is 1. The SMILES string of the molecule is CN=C(NCC(c1ccc(C)o1)N1CCOCC1)NCC1(CCO)CCOC1.I. The molecule has 0 spiro atoms. The molecule has 2 unspecified atom stereocenters. The number of nitrogens with zero attached hydrogens (tertiary/aromatic N) is 2. The molecule has 0 aliphatic carbocycles. The van der Waals surface area contributed by atoms with Crippen molar-refractivity contribution in [1.82, 2.24) is 15.5 Å². The summed E-state index contributed by atoms with van der Waals surface area (Å²) >= 11 is 0. The monoisotopic (exact) mass is 522 g/mol. The zero-order valence-corrected chi connectivity index (χ0v) is 19.8. The van der Waals surface area contributed by atoms with Gasteiger partial charge in [-0.2, -0.15) is 0 Å². The zero-order chi connectivity index (χ0) is 19.8. The molecule has 2 fully saturated rings. The predicted molar refractivity (Wildman–Crippen MR) is 123 cm³/mol. The summed E-state index contributed by atoms with van der Waals surface area (Å²) in [5.74, 6) is 2.64. The molecule has 0 radical (unpaired) electrons. The van der Waals surface area contributed by atoms with Crippen molar-refractivity contribution in [3.05, 3.63) is 23.7 Å². The standard InChI is InChI=1S/C20H34N4O4.HI/c1-16-3-4-18(28-16)17(24-7-11-26-12-8-24)13-22-19(21-2)23-14-20(5-9-25)6-10-27-15-20;/h3-4,17,25H,5-15H2,1-2H3,(H2,21,22,23);1H. The van der Waals surface area contributed by atoms with E-state index in [1.807, 2.05) is 13.0 Å². The fourth-order valence-electron chi connectivity index (χ4n) is 3.93. The number of hydrogen-bond acceptors (Lipinski definition) is 6. The smallest absolute Gasteiger partial charge is 0.191 e. The Hall–Kier alpha value is -0.880. The Morgan fingerprint density at radius 2 is 2.03 bits per heavy atom. The highest BCUT2D eigenvalue weighted by atomic mass is 127. The van der Waals surface area contributed by atoms with Gasteiger partial charge in [0.1, 0.15) is 11.5 Å². The summed E-state index contributed by atoms with van der Waals surface area (Å²) < 4.78 is 17.0. The van der Waals surface area contributed by atoms with Crippen LogP contribution in [0.5, 0.6) is 0 Å². The molecule has 166 valence electrons. The number of ether oxygens (including phenoxy) is 2. The summed E-state index contributed by atoms with van der Waals surface area (Å²) in [5, 5.41) is 16.3. The second-order valence-electron chi connectivity index (χ2n) is 7.70. The van der Waals surface area contributed by atoms with Gasteiger partial charge in [-0.3, -0.25) is 9.89 Å². The normalized spacial score (nSPS) is 24.2. The first-order valence-electron chi connectivity index (χ1n) is 10.2. The van der Waals surface area contributed by atoms with Crippen LogP contribution in [0.15, 0.2) is 21.5 Å². The molecule has 8 nitrogen and oxygen atoms in total. The van der Waals surface area contributed by atoms with E-state index in [1.165, 1.54) is 0 Å². The lowest BCUT2D eigenvalue weighted by Crippen LogP contribution is -2.48. The van der Waals surface area contributed by atoms with E-state index in [2.05, 4.69) is 26.6 Å². The van der Waals surface area contributed by atoms with E-state index in [0.29, 0.717) is 13.2 Å². The van der Waals surface area contributed by atoms with Crippen molar-refractivity contribution in [3.63, 3.8) is 0 Å². The molecule has 2 saturated heterocycles. The number of furan rings is 1. The summed E-state index contributed by atoms with van der Waals surface area (Å²) in [4.78, 5) is 6.76. The third kappa shape index (κ3) is 6.81. The lowest BCUT2D eigenvalue weighted by Gasteiger charge is -2.34. The van der Waals surface area contributed by atoms with Gasteiger partial charge in [-0.25, -0.2) is 0 Å². The number of hydrogen-bond donors (Lipinski definition) is 3. The zero-order valence-electron chi connectivity index (χ0n) is 17.5. The maximum absolute atomic E-state index is 9.41. The summed E-state index contributed by atoms with van der Waals surface area (Å²) in [6.45, 7) is 8.26. The van der Waals surface area contributed by atoms with Gasteiger partial charge in [-0.05, 0) is 31.9 Å². The van der Waals surface area contributed by atoms with Gasteiger partial charge in [0.2, 0.25) is 0 Å². The van der Waals surface area contributed by atoms with Crippen molar-refractivity contribution in [2.24, 2.45) is 10.4 Å². The van der Waals surface area contributed by atoms with E-state index in [0.717, 1.165) is 69.8 Å². The molecular formula is C20H35IN4O4. The number of aliphatic imine (C=N–C) groups is 1. The molecule has 3 rings (SSSR count). The van der Waals surface area contributed by atoms with E-state index in [9.17, 15) is 5.11 Å². The molecule has 1 aromatic rings. The maximum atomic E-state index is 9.41. The van der Waals surface area contributed by atoms with Gasteiger partial charge in [0.05, 0.1) is 25.9 Å². The largest absolute Gasteiger partial charge is 0.465 e. The minimum absolute atomic E-state index is 0. The number of aliphatic hydroxyl groups excluding tert-OH is 1. The first-order chi connectivity index (χ1) is 13.7.